The first-order valence-corrected chi connectivity index (χ1v) is 7.74. The SMILES string of the molecule is Cn1cc([C@H](NC(=O)c2ccc(Cl)cc2F)C2CC(O)C2)cn1. The number of aliphatic hydroxyl groups is 1. The number of nitrogens with one attached hydrogen (secondary N) is 1. The Morgan fingerprint density at radius 2 is 2.26 bits per heavy atom. The lowest BCUT2D eigenvalue weighted by atomic mass is 9.75. The molecule has 122 valence electrons. The Labute approximate surface area is 138 Å². The van der Waals surface area contributed by atoms with Crippen LogP contribution in [0.25, 0.3) is 0 Å². The van der Waals surface area contributed by atoms with Crippen molar-refractivity contribution in [1.82, 2.24) is 15.1 Å². The second-order valence-corrected chi connectivity index (χ2v) is 6.34. The molecule has 1 amide bonds. The first-order chi connectivity index (χ1) is 10.9. The summed E-state index contributed by atoms with van der Waals surface area (Å²) >= 11 is 5.71. The minimum Gasteiger partial charge on any atom is -0.393 e. The molecule has 0 spiro atoms. The Kier molecular flexibility index (Phi) is 4.37. The van der Waals surface area contributed by atoms with Crippen LogP contribution in [0, 0.1) is 11.7 Å². The summed E-state index contributed by atoms with van der Waals surface area (Å²) in [5.74, 6) is -1.06. The first-order valence-electron chi connectivity index (χ1n) is 7.36. The number of nitrogens with zero attached hydrogens (tertiary/aromatic N) is 2. The second-order valence-electron chi connectivity index (χ2n) is 5.91. The van der Waals surface area contributed by atoms with E-state index < -0.39 is 11.7 Å². The van der Waals surface area contributed by atoms with Crippen LogP contribution in [0.15, 0.2) is 30.6 Å². The van der Waals surface area contributed by atoms with Crippen molar-refractivity contribution in [2.45, 2.75) is 25.0 Å². The molecule has 1 aliphatic carbocycles. The van der Waals surface area contributed by atoms with E-state index >= 15 is 0 Å². The highest BCUT2D eigenvalue weighted by molar-refractivity contribution is 6.30. The lowest BCUT2D eigenvalue weighted by Crippen LogP contribution is -2.41. The number of carbonyl (C=O) groups excluding carboxylic acids is 1. The Balaban J connectivity index is 1.81. The average molecular weight is 338 g/mol. The molecular formula is C16H17ClFN3O2. The number of amides is 1. The van der Waals surface area contributed by atoms with Gasteiger partial charge in [-0.25, -0.2) is 4.39 Å². The Morgan fingerprint density at radius 1 is 1.52 bits per heavy atom. The van der Waals surface area contributed by atoms with Crippen molar-refractivity contribution >= 4 is 17.5 Å². The maximum absolute atomic E-state index is 13.9. The molecule has 1 saturated carbocycles. The van der Waals surface area contributed by atoms with E-state index in [1.165, 1.54) is 12.1 Å². The van der Waals surface area contributed by atoms with Crippen LogP contribution in [0.2, 0.25) is 5.02 Å². The number of halogens is 2. The molecule has 1 aromatic heterocycles. The van der Waals surface area contributed by atoms with Crippen molar-refractivity contribution in [1.29, 1.82) is 0 Å². The van der Waals surface area contributed by atoms with Gasteiger partial charge in [-0.05, 0) is 37.0 Å². The van der Waals surface area contributed by atoms with Crippen LogP contribution in [0.5, 0.6) is 0 Å². The monoisotopic (exact) mass is 337 g/mol. The molecule has 1 aromatic carbocycles. The van der Waals surface area contributed by atoms with Crippen LogP contribution in [-0.4, -0.2) is 26.9 Å². The van der Waals surface area contributed by atoms with Crippen molar-refractivity contribution < 1.29 is 14.3 Å². The molecule has 0 aliphatic heterocycles. The highest BCUT2D eigenvalue weighted by atomic mass is 35.5. The predicted octanol–water partition coefficient (Wildman–Crippen LogP) is 2.45. The third kappa shape index (κ3) is 3.38. The maximum Gasteiger partial charge on any atom is 0.254 e. The predicted molar refractivity (Wildman–Crippen MR) is 83.6 cm³/mol. The van der Waals surface area contributed by atoms with Crippen molar-refractivity contribution in [2.24, 2.45) is 13.0 Å². The maximum atomic E-state index is 13.9. The third-order valence-electron chi connectivity index (χ3n) is 4.17. The number of benzene rings is 1. The molecule has 23 heavy (non-hydrogen) atoms. The molecule has 0 unspecified atom stereocenters. The zero-order valence-electron chi connectivity index (χ0n) is 12.5. The van der Waals surface area contributed by atoms with E-state index in [4.69, 9.17) is 11.6 Å². The second kappa shape index (κ2) is 6.29. The molecule has 5 nitrogen and oxygen atoms in total. The van der Waals surface area contributed by atoms with Crippen LogP contribution >= 0.6 is 11.6 Å². The Bertz CT molecular complexity index is 728. The summed E-state index contributed by atoms with van der Waals surface area (Å²) in [5.41, 5.74) is 0.787. The van der Waals surface area contributed by atoms with Crippen LogP contribution in [-0.2, 0) is 7.05 Å². The number of carbonyl (C=O) groups is 1. The number of aromatic nitrogens is 2. The largest absolute Gasteiger partial charge is 0.393 e. The number of hydrogen-bond donors (Lipinski definition) is 2. The van der Waals surface area contributed by atoms with Crippen molar-refractivity contribution in [3.05, 3.63) is 52.6 Å². The topological polar surface area (TPSA) is 67.2 Å². The number of hydrogen-bond acceptors (Lipinski definition) is 3. The summed E-state index contributed by atoms with van der Waals surface area (Å²) in [6.07, 6.45) is 4.34. The molecule has 1 heterocycles. The lowest BCUT2D eigenvalue weighted by Gasteiger charge is -2.37. The molecule has 1 aliphatic rings. The van der Waals surface area contributed by atoms with Gasteiger partial charge in [-0.2, -0.15) is 5.10 Å². The smallest absolute Gasteiger partial charge is 0.254 e. The van der Waals surface area contributed by atoms with E-state index in [-0.39, 0.29) is 28.6 Å². The van der Waals surface area contributed by atoms with E-state index in [0.717, 1.165) is 11.6 Å². The van der Waals surface area contributed by atoms with Crippen LogP contribution in [0.1, 0.15) is 34.8 Å². The summed E-state index contributed by atoms with van der Waals surface area (Å²) in [6.45, 7) is 0. The average Bonchev–Trinajstić information content (AvgIpc) is 2.88. The molecule has 1 fully saturated rings. The lowest BCUT2D eigenvalue weighted by molar-refractivity contribution is 0.0234. The van der Waals surface area contributed by atoms with Crippen molar-refractivity contribution in [3.8, 4) is 0 Å². The van der Waals surface area contributed by atoms with Gasteiger partial charge in [0.1, 0.15) is 5.82 Å². The van der Waals surface area contributed by atoms with Gasteiger partial charge in [0.25, 0.3) is 5.91 Å². The fourth-order valence-electron chi connectivity index (χ4n) is 2.87. The molecule has 0 radical (unpaired) electrons. The van der Waals surface area contributed by atoms with E-state index in [2.05, 4.69) is 10.4 Å². The number of rotatable bonds is 4. The van der Waals surface area contributed by atoms with Gasteiger partial charge in [0.15, 0.2) is 0 Å². The van der Waals surface area contributed by atoms with Gasteiger partial charge in [0, 0.05) is 23.8 Å². The highest BCUT2D eigenvalue weighted by Gasteiger charge is 2.36. The summed E-state index contributed by atoms with van der Waals surface area (Å²) in [7, 11) is 1.79. The molecule has 1 atom stereocenters. The Hall–Kier alpha value is -1.92. The molecule has 2 N–H and O–H groups in total. The minimum absolute atomic E-state index is 0.0526. The standard InChI is InChI=1S/C16H17ClFN3O2/c1-21-8-10(7-19-21)15(9-4-12(22)5-9)20-16(23)13-3-2-11(17)6-14(13)18/h2-3,6-9,12,15,22H,4-5H2,1H3,(H,20,23)/t9?,12?,15-/m1/s1. The molecule has 0 bridgehead atoms. The van der Waals surface area contributed by atoms with E-state index in [1.54, 1.807) is 17.9 Å². The van der Waals surface area contributed by atoms with Gasteiger partial charge in [-0.3, -0.25) is 9.48 Å². The van der Waals surface area contributed by atoms with Crippen LogP contribution < -0.4 is 5.32 Å². The fraction of sp³-hybridized carbons (Fsp3) is 0.375. The van der Waals surface area contributed by atoms with E-state index in [1.807, 2.05) is 6.20 Å². The van der Waals surface area contributed by atoms with E-state index in [0.29, 0.717) is 12.8 Å². The molecule has 2 aromatic rings. The molecule has 0 saturated heterocycles. The normalized spacial score (nSPS) is 21.6. The first kappa shape index (κ1) is 16.0. The zero-order chi connectivity index (χ0) is 16.6. The van der Waals surface area contributed by atoms with Crippen LogP contribution in [0.3, 0.4) is 0 Å². The minimum atomic E-state index is -0.659. The van der Waals surface area contributed by atoms with Gasteiger partial charge >= 0.3 is 0 Å². The number of aliphatic hydroxyl groups excluding tert-OH is 1. The quantitative estimate of drug-likeness (QED) is 0.900. The molecule has 7 heteroatoms. The number of aryl methyl sites for hydroxylation is 1. The summed E-state index contributed by atoms with van der Waals surface area (Å²) < 4.78 is 15.6. The van der Waals surface area contributed by atoms with Crippen LogP contribution in [0.4, 0.5) is 4.39 Å². The fourth-order valence-corrected chi connectivity index (χ4v) is 3.03. The molecule has 3 rings (SSSR count). The van der Waals surface area contributed by atoms with Gasteiger partial charge in [0.2, 0.25) is 0 Å². The Morgan fingerprint density at radius 3 is 2.83 bits per heavy atom. The van der Waals surface area contributed by atoms with E-state index in [9.17, 15) is 14.3 Å². The zero-order valence-corrected chi connectivity index (χ0v) is 13.3. The molecular weight excluding hydrogens is 321 g/mol. The van der Waals surface area contributed by atoms with Gasteiger partial charge in [0.05, 0.1) is 23.9 Å². The van der Waals surface area contributed by atoms with Crippen molar-refractivity contribution in [3.63, 3.8) is 0 Å². The van der Waals surface area contributed by atoms with Crippen molar-refractivity contribution in [2.75, 3.05) is 0 Å². The summed E-state index contributed by atoms with van der Waals surface area (Å²) in [5, 5.41) is 16.8. The third-order valence-corrected chi connectivity index (χ3v) is 4.40. The summed E-state index contributed by atoms with van der Waals surface area (Å²) in [6, 6.07) is 3.65. The highest BCUT2D eigenvalue weighted by Crippen LogP contribution is 2.38. The van der Waals surface area contributed by atoms with Gasteiger partial charge in [-0.1, -0.05) is 11.6 Å². The van der Waals surface area contributed by atoms with Gasteiger partial charge < -0.3 is 10.4 Å². The van der Waals surface area contributed by atoms with Gasteiger partial charge in [-0.15, -0.1) is 0 Å². The summed E-state index contributed by atoms with van der Waals surface area (Å²) in [4.78, 5) is 12.4.